The minimum absolute atomic E-state index is 0.234. The molecule has 0 atom stereocenters. The molecule has 0 spiro atoms. The van der Waals surface area contributed by atoms with Gasteiger partial charge in [0.2, 0.25) is 5.91 Å². The Morgan fingerprint density at radius 1 is 1.21 bits per heavy atom. The molecule has 1 amide bonds. The zero-order valence-electron chi connectivity index (χ0n) is 12.6. The Kier molecular flexibility index (Phi) is 6.57. The zero-order valence-corrected chi connectivity index (χ0v) is 12.6. The molecular weight excluding hydrogens is 236 g/mol. The van der Waals surface area contributed by atoms with Crippen molar-refractivity contribution in [3.05, 3.63) is 34.9 Å². The molecule has 0 aliphatic rings. The van der Waals surface area contributed by atoms with Gasteiger partial charge in [-0.2, -0.15) is 0 Å². The molecule has 3 nitrogen and oxygen atoms in total. The Morgan fingerprint density at radius 3 is 2.47 bits per heavy atom. The predicted molar refractivity (Wildman–Crippen MR) is 80.2 cm³/mol. The van der Waals surface area contributed by atoms with Gasteiger partial charge in [0, 0.05) is 32.6 Å². The molecule has 0 aliphatic heterocycles. The third-order valence-electron chi connectivity index (χ3n) is 3.45. The monoisotopic (exact) mass is 262 g/mol. The first-order valence-corrected chi connectivity index (χ1v) is 7.13. The number of benzene rings is 1. The summed E-state index contributed by atoms with van der Waals surface area (Å²) in [5.74, 6) is 0.234. The van der Waals surface area contributed by atoms with E-state index in [2.05, 4.69) is 37.4 Å². The summed E-state index contributed by atoms with van der Waals surface area (Å²) < 4.78 is 0. The van der Waals surface area contributed by atoms with Crippen molar-refractivity contribution >= 4 is 5.91 Å². The molecule has 0 unspecified atom stereocenters. The molecule has 3 heteroatoms. The lowest BCUT2D eigenvalue weighted by Gasteiger charge is -2.18. The van der Waals surface area contributed by atoms with E-state index in [-0.39, 0.29) is 5.91 Å². The Bertz CT molecular complexity index is 411. The van der Waals surface area contributed by atoms with Crippen LogP contribution in [0.25, 0.3) is 0 Å². The normalized spacial score (nSPS) is 10.5. The quantitative estimate of drug-likeness (QED) is 0.766. The first-order chi connectivity index (χ1) is 9.08. The fourth-order valence-electron chi connectivity index (χ4n) is 2.20. The summed E-state index contributed by atoms with van der Waals surface area (Å²) in [4.78, 5) is 13.7. The summed E-state index contributed by atoms with van der Waals surface area (Å²) >= 11 is 0. The molecule has 0 fully saturated rings. The molecule has 0 aliphatic carbocycles. The minimum Gasteiger partial charge on any atom is -0.343 e. The first-order valence-electron chi connectivity index (χ1n) is 7.13. The minimum atomic E-state index is 0.234. The Hall–Kier alpha value is -1.35. The maximum absolute atomic E-state index is 11.8. The maximum atomic E-state index is 11.8. The molecule has 1 N–H and O–H groups in total. The van der Waals surface area contributed by atoms with Crippen molar-refractivity contribution in [2.24, 2.45) is 0 Å². The van der Waals surface area contributed by atoms with E-state index in [1.165, 1.54) is 16.7 Å². The van der Waals surface area contributed by atoms with Crippen molar-refractivity contribution in [1.82, 2.24) is 10.2 Å². The lowest BCUT2D eigenvalue weighted by molar-refractivity contribution is -0.130. The highest BCUT2D eigenvalue weighted by Gasteiger charge is 2.08. The van der Waals surface area contributed by atoms with E-state index in [9.17, 15) is 4.79 Å². The van der Waals surface area contributed by atoms with Crippen LogP contribution in [0.3, 0.4) is 0 Å². The molecule has 1 rings (SSSR count). The molecule has 106 valence electrons. The molecule has 19 heavy (non-hydrogen) atoms. The molecular formula is C16H26N2O. The van der Waals surface area contributed by atoms with E-state index in [1.807, 2.05) is 18.7 Å². The van der Waals surface area contributed by atoms with Crippen LogP contribution in [0.1, 0.15) is 37.0 Å². The van der Waals surface area contributed by atoms with Crippen LogP contribution in [0.5, 0.6) is 0 Å². The summed E-state index contributed by atoms with van der Waals surface area (Å²) in [6.07, 6.45) is 0.576. The average Bonchev–Trinajstić information content (AvgIpc) is 2.38. The van der Waals surface area contributed by atoms with E-state index in [0.717, 1.165) is 26.2 Å². The average molecular weight is 262 g/mol. The smallest absolute Gasteiger partial charge is 0.223 e. The van der Waals surface area contributed by atoms with Gasteiger partial charge in [0.1, 0.15) is 0 Å². The summed E-state index contributed by atoms with van der Waals surface area (Å²) in [7, 11) is 0. The van der Waals surface area contributed by atoms with Crippen LogP contribution in [-0.4, -0.2) is 30.4 Å². The molecule has 0 saturated carbocycles. The van der Waals surface area contributed by atoms with E-state index < -0.39 is 0 Å². The van der Waals surface area contributed by atoms with E-state index in [4.69, 9.17) is 0 Å². The molecule has 0 radical (unpaired) electrons. The molecule has 1 aromatic rings. The largest absolute Gasteiger partial charge is 0.343 e. The molecule has 1 aromatic carbocycles. The van der Waals surface area contributed by atoms with Gasteiger partial charge in [-0.15, -0.1) is 0 Å². The van der Waals surface area contributed by atoms with Crippen LogP contribution in [-0.2, 0) is 11.3 Å². The lowest BCUT2D eigenvalue weighted by atomic mass is 10.1. The van der Waals surface area contributed by atoms with Crippen molar-refractivity contribution in [1.29, 1.82) is 0 Å². The van der Waals surface area contributed by atoms with Gasteiger partial charge in [0.15, 0.2) is 0 Å². The molecule has 0 heterocycles. The summed E-state index contributed by atoms with van der Waals surface area (Å²) in [6, 6.07) is 6.48. The third kappa shape index (κ3) is 5.03. The number of aryl methyl sites for hydroxylation is 2. The van der Waals surface area contributed by atoms with Crippen LogP contribution in [0.2, 0.25) is 0 Å². The number of carbonyl (C=O) groups is 1. The van der Waals surface area contributed by atoms with E-state index in [1.54, 1.807) is 0 Å². The van der Waals surface area contributed by atoms with Crippen molar-refractivity contribution in [3.63, 3.8) is 0 Å². The molecule has 0 saturated heterocycles. The van der Waals surface area contributed by atoms with Crippen molar-refractivity contribution in [3.8, 4) is 0 Å². The van der Waals surface area contributed by atoms with Crippen LogP contribution in [0, 0.1) is 13.8 Å². The predicted octanol–water partition coefficient (Wildman–Crippen LogP) is 2.65. The van der Waals surface area contributed by atoms with Crippen molar-refractivity contribution < 1.29 is 4.79 Å². The van der Waals surface area contributed by atoms with Gasteiger partial charge in [-0.3, -0.25) is 4.79 Å². The molecule has 0 bridgehead atoms. The van der Waals surface area contributed by atoms with Crippen LogP contribution in [0.4, 0.5) is 0 Å². The molecule has 0 aromatic heterocycles. The fourth-order valence-corrected chi connectivity index (χ4v) is 2.20. The number of hydrogen-bond donors (Lipinski definition) is 1. The second kappa shape index (κ2) is 7.95. The van der Waals surface area contributed by atoms with Gasteiger partial charge in [-0.25, -0.2) is 0 Å². The highest BCUT2D eigenvalue weighted by molar-refractivity contribution is 5.76. The summed E-state index contributed by atoms with van der Waals surface area (Å²) in [5.41, 5.74) is 3.90. The van der Waals surface area contributed by atoms with E-state index >= 15 is 0 Å². The number of carbonyl (C=O) groups excluding carboxylic acids is 1. The fraction of sp³-hybridized carbons (Fsp3) is 0.562. The van der Waals surface area contributed by atoms with Gasteiger partial charge in [-0.05, 0) is 38.8 Å². The lowest BCUT2D eigenvalue weighted by Crippen LogP contribution is -2.32. The second-order valence-corrected chi connectivity index (χ2v) is 4.92. The topological polar surface area (TPSA) is 32.3 Å². The third-order valence-corrected chi connectivity index (χ3v) is 3.45. The van der Waals surface area contributed by atoms with Gasteiger partial charge in [0.25, 0.3) is 0 Å². The Labute approximate surface area is 117 Å². The highest BCUT2D eigenvalue weighted by Crippen LogP contribution is 2.09. The zero-order chi connectivity index (χ0) is 14.3. The maximum Gasteiger partial charge on any atom is 0.223 e. The number of nitrogens with zero attached hydrogens (tertiary/aromatic N) is 1. The van der Waals surface area contributed by atoms with Crippen LogP contribution < -0.4 is 5.32 Å². The van der Waals surface area contributed by atoms with Gasteiger partial charge in [0.05, 0.1) is 0 Å². The van der Waals surface area contributed by atoms with Crippen LogP contribution in [0.15, 0.2) is 18.2 Å². The van der Waals surface area contributed by atoms with E-state index in [0.29, 0.717) is 6.42 Å². The number of rotatable bonds is 7. The van der Waals surface area contributed by atoms with Gasteiger partial charge < -0.3 is 10.2 Å². The standard InChI is InChI=1S/C16H26N2O/c1-5-18(6-2)16(19)9-10-17-12-15-8-7-13(3)11-14(15)4/h7-8,11,17H,5-6,9-10,12H2,1-4H3. The summed E-state index contributed by atoms with van der Waals surface area (Å²) in [6.45, 7) is 11.4. The number of nitrogens with one attached hydrogen (secondary N) is 1. The SMILES string of the molecule is CCN(CC)C(=O)CCNCc1ccc(C)cc1C. The summed E-state index contributed by atoms with van der Waals surface area (Å²) in [5, 5.41) is 3.35. The number of amides is 1. The first kappa shape index (κ1) is 15.7. The van der Waals surface area contributed by atoms with Gasteiger partial charge in [-0.1, -0.05) is 23.8 Å². The Balaban J connectivity index is 2.33. The van der Waals surface area contributed by atoms with Crippen molar-refractivity contribution in [2.75, 3.05) is 19.6 Å². The Morgan fingerprint density at radius 2 is 1.89 bits per heavy atom. The van der Waals surface area contributed by atoms with Gasteiger partial charge >= 0.3 is 0 Å². The second-order valence-electron chi connectivity index (χ2n) is 4.92. The van der Waals surface area contributed by atoms with Crippen molar-refractivity contribution in [2.45, 2.75) is 40.7 Å². The highest BCUT2D eigenvalue weighted by atomic mass is 16.2. The number of hydrogen-bond acceptors (Lipinski definition) is 2. The van der Waals surface area contributed by atoms with Crippen LogP contribution >= 0.6 is 0 Å².